The molecule has 8 nitrogen and oxygen atoms in total. The van der Waals surface area contributed by atoms with Crippen LogP contribution < -0.4 is 14.8 Å². The number of halogens is 2. The normalized spacial score (nSPS) is 10.9. The first-order valence-electron chi connectivity index (χ1n) is 10.4. The average molecular weight is 537 g/mol. The fraction of sp³-hybridized carbons (Fsp3) is 0.167. The molecule has 1 amide bonds. The molecule has 0 aliphatic heterocycles. The summed E-state index contributed by atoms with van der Waals surface area (Å²) in [5.74, 6) is -0.619. The molecule has 3 aromatic carbocycles. The van der Waals surface area contributed by atoms with Crippen LogP contribution in [0.4, 0.5) is 11.4 Å². The number of ether oxygens (including phenoxy) is 2. The van der Waals surface area contributed by atoms with Crippen LogP contribution in [0.5, 0.6) is 5.75 Å². The zero-order valence-corrected chi connectivity index (χ0v) is 20.9. The minimum atomic E-state index is -3.89. The zero-order chi connectivity index (χ0) is 25.4. The highest BCUT2D eigenvalue weighted by molar-refractivity contribution is 7.92. The molecule has 3 aromatic rings. The first-order valence-corrected chi connectivity index (χ1v) is 12.7. The lowest BCUT2D eigenvalue weighted by Crippen LogP contribution is -2.20. The fourth-order valence-corrected chi connectivity index (χ4v) is 4.43. The lowest BCUT2D eigenvalue weighted by atomic mass is 10.1. The number of nitrogens with one attached hydrogen (secondary N) is 2. The second-order valence-corrected chi connectivity index (χ2v) is 9.75. The Hall–Kier alpha value is -3.27. The van der Waals surface area contributed by atoms with E-state index >= 15 is 0 Å². The molecule has 0 fully saturated rings. The molecular formula is C24H22Cl2N2O6S. The summed E-state index contributed by atoms with van der Waals surface area (Å²) in [6, 6.07) is 16.9. The van der Waals surface area contributed by atoms with Gasteiger partial charge < -0.3 is 14.8 Å². The van der Waals surface area contributed by atoms with Crippen molar-refractivity contribution >= 4 is 56.5 Å². The number of benzene rings is 3. The lowest BCUT2D eigenvalue weighted by Gasteiger charge is -2.12. The fourth-order valence-electron chi connectivity index (χ4n) is 2.92. The topological polar surface area (TPSA) is 111 Å². The number of hydrogen-bond donors (Lipinski definition) is 2. The molecule has 184 valence electrons. The van der Waals surface area contributed by atoms with Crippen LogP contribution in [-0.2, 0) is 30.8 Å². The Morgan fingerprint density at radius 3 is 2.20 bits per heavy atom. The van der Waals surface area contributed by atoms with Crippen molar-refractivity contribution in [2.24, 2.45) is 0 Å². The predicted octanol–water partition coefficient (Wildman–Crippen LogP) is 4.92. The number of rotatable bonds is 10. The van der Waals surface area contributed by atoms with Gasteiger partial charge in [-0.3, -0.25) is 14.3 Å². The Morgan fingerprint density at radius 1 is 0.914 bits per heavy atom. The highest BCUT2D eigenvalue weighted by Crippen LogP contribution is 2.28. The van der Waals surface area contributed by atoms with Crippen LogP contribution in [0.3, 0.4) is 0 Å². The number of carbonyl (C=O) groups excluding carboxylic acids is 2. The molecule has 0 saturated heterocycles. The van der Waals surface area contributed by atoms with Gasteiger partial charge in [0.25, 0.3) is 15.9 Å². The Balaban J connectivity index is 1.55. The lowest BCUT2D eigenvalue weighted by molar-refractivity contribution is -0.142. The van der Waals surface area contributed by atoms with Crippen molar-refractivity contribution < 1.29 is 27.5 Å². The molecule has 35 heavy (non-hydrogen) atoms. The molecule has 0 atom stereocenters. The van der Waals surface area contributed by atoms with Crippen LogP contribution in [0.2, 0.25) is 10.0 Å². The molecule has 0 radical (unpaired) electrons. The van der Waals surface area contributed by atoms with Crippen molar-refractivity contribution in [2.45, 2.75) is 18.2 Å². The summed E-state index contributed by atoms with van der Waals surface area (Å²) in [6.45, 7) is 1.71. The molecule has 0 aliphatic carbocycles. The van der Waals surface area contributed by atoms with Crippen LogP contribution in [0.1, 0.15) is 12.5 Å². The monoisotopic (exact) mass is 536 g/mol. The molecule has 0 aromatic heterocycles. The van der Waals surface area contributed by atoms with Gasteiger partial charge in [0.2, 0.25) is 0 Å². The van der Waals surface area contributed by atoms with Gasteiger partial charge in [0, 0.05) is 16.4 Å². The van der Waals surface area contributed by atoms with E-state index in [1.54, 1.807) is 43.3 Å². The van der Waals surface area contributed by atoms with Gasteiger partial charge in [0.1, 0.15) is 5.75 Å². The Bertz CT molecular complexity index is 1300. The zero-order valence-electron chi connectivity index (χ0n) is 18.6. The molecule has 3 rings (SSSR count). The largest absolute Gasteiger partial charge is 0.482 e. The van der Waals surface area contributed by atoms with E-state index in [0.29, 0.717) is 23.0 Å². The summed E-state index contributed by atoms with van der Waals surface area (Å²) in [7, 11) is -3.89. The van der Waals surface area contributed by atoms with Gasteiger partial charge in [-0.1, -0.05) is 35.3 Å². The van der Waals surface area contributed by atoms with E-state index in [4.69, 9.17) is 32.7 Å². The van der Waals surface area contributed by atoms with Crippen LogP contribution in [0.25, 0.3) is 0 Å². The van der Waals surface area contributed by atoms with Crippen molar-refractivity contribution in [3.63, 3.8) is 0 Å². The van der Waals surface area contributed by atoms with Crippen LogP contribution in [0.15, 0.2) is 71.6 Å². The number of anilines is 2. The highest BCUT2D eigenvalue weighted by Gasteiger charge is 2.17. The van der Waals surface area contributed by atoms with Crippen LogP contribution in [0, 0.1) is 0 Å². The van der Waals surface area contributed by atoms with E-state index in [0.717, 1.165) is 5.56 Å². The molecule has 0 bridgehead atoms. The number of hydrogen-bond acceptors (Lipinski definition) is 6. The summed E-state index contributed by atoms with van der Waals surface area (Å²) < 4.78 is 38.0. The van der Waals surface area contributed by atoms with Gasteiger partial charge in [0.05, 0.1) is 22.9 Å². The van der Waals surface area contributed by atoms with Crippen LogP contribution >= 0.6 is 23.2 Å². The maximum Gasteiger partial charge on any atom is 0.310 e. The maximum absolute atomic E-state index is 12.6. The van der Waals surface area contributed by atoms with E-state index in [1.807, 2.05) is 0 Å². The first-order chi connectivity index (χ1) is 16.7. The van der Waals surface area contributed by atoms with Crippen molar-refractivity contribution in [1.29, 1.82) is 0 Å². The maximum atomic E-state index is 12.6. The molecule has 0 spiro atoms. The van der Waals surface area contributed by atoms with E-state index in [2.05, 4.69) is 10.0 Å². The smallest absolute Gasteiger partial charge is 0.310 e. The van der Waals surface area contributed by atoms with Crippen molar-refractivity contribution in [3.8, 4) is 5.75 Å². The minimum absolute atomic E-state index is 0.0279. The molecule has 0 saturated carbocycles. The molecule has 2 N–H and O–H groups in total. The molecular weight excluding hydrogens is 515 g/mol. The summed E-state index contributed by atoms with van der Waals surface area (Å²) >= 11 is 12.0. The Kier molecular flexibility index (Phi) is 8.97. The van der Waals surface area contributed by atoms with E-state index in [9.17, 15) is 18.0 Å². The van der Waals surface area contributed by atoms with E-state index < -0.39 is 15.9 Å². The van der Waals surface area contributed by atoms with Gasteiger partial charge >= 0.3 is 5.97 Å². The summed E-state index contributed by atoms with van der Waals surface area (Å²) in [6.07, 6.45) is 0.143. The first kappa shape index (κ1) is 26.3. The Labute approximate surface area is 213 Å². The second-order valence-electron chi connectivity index (χ2n) is 7.22. The highest BCUT2D eigenvalue weighted by atomic mass is 35.5. The average Bonchev–Trinajstić information content (AvgIpc) is 2.81. The molecule has 0 aliphatic rings. The van der Waals surface area contributed by atoms with E-state index in [1.165, 1.54) is 30.3 Å². The van der Waals surface area contributed by atoms with Crippen LogP contribution in [-0.4, -0.2) is 33.5 Å². The number of amides is 1. The summed E-state index contributed by atoms with van der Waals surface area (Å²) in [5.41, 5.74) is 1.62. The summed E-state index contributed by atoms with van der Waals surface area (Å²) in [4.78, 5) is 23.7. The number of esters is 1. The third-order valence-electron chi connectivity index (χ3n) is 4.56. The number of carbonyl (C=O) groups is 2. The third-order valence-corrected chi connectivity index (χ3v) is 6.49. The quantitative estimate of drug-likeness (QED) is 0.356. The second kappa shape index (κ2) is 11.9. The van der Waals surface area contributed by atoms with Gasteiger partial charge in [0.15, 0.2) is 6.61 Å². The van der Waals surface area contributed by atoms with Crippen molar-refractivity contribution in [2.75, 3.05) is 23.3 Å². The molecule has 0 heterocycles. The molecule has 0 unspecified atom stereocenters. The molecule has 11 heteroatoms. The summed E-state index contributed by atoms with van der Waals surface area (Å²) in [5, 5.41) is 3.17. The predicted molar refractivity (Wildman–Crippen MR) is 135 cm³/mol. The Morgan fingerprint density at radius 2 is 1.57 bits per heavy atom. The van der Waals surface area contributed by atoms with Gasteiger partial charge in [-0.2, -0.15) is 0 Å². The van der Waals surface area contributed by atoms with Gasteiger partial charge in [-0.25, -0.2) is 8.42 Å². The van der Waals surface area contributed by atoms with Crippen molar-refractivity contribution in [1.82, 2.24) is 0 Å². The number of sulfonamides is 1. The van der Waals surface area contributed by atoms with Gasteiger partial charge in [-0.05, 0) is 67.1 Å². The van der Waals surface area contributed by atoms with Gasteiger partial charge in [-0.15, -0.1) is 0 Å². The van der Waals surface area contributed by atoms with Crippen molar-refractivity contribution in [3.05, 3.63) is 82.3 Å². The minimum Gasteiger partial charge on any atom is -0.482 e. The standard InChI is InChI=1S/C24H22Cl2N2O6S/c1-2-33-24(30)13-16-3-7-18(8-4-16)27-23(29)15-34-22-12-11-20(14-21(22)26)35(31,32)28-19-9-5-17(25)6-10-19/h3-12,14,28H,2,13,15H2,1H3,(H,27,29). The van der Waals surface area contributed by atoms with E-state index in [-0.39, 0.29) is 34.7 Å². The SMILES string of the molecule is CCOC(=O)Cc1ccc(NC(=O)COc2ccc(S(=O)(=O)Nc3ccc(Cl)cc3)cc2Cl)cc1. The third kappa shape index (κ3) is 7.88.